The van der Waals surface area contributed by atoms with E-state index < -0.39 is 29.7 Å². The number of Topliss-reactive ketones (excluding diaryl/α,β-unsaturated/α-hetero) is 1. The molecule has 0 radical (unpaired) electrons. The van der Waals surface area contributed by atoms with Crippen LogP contribution < -0.4 is 16.0 Å². The zero-order valence-electron chi connectivity index (χ0n) is 22.5. The Kier molecular flexibility index (Phi) is 10.9. The molecule has 0 unspecified atom stereocenters. The summed E-state index contributed by atoms with van der Waals surface area (Å²) in [6.45, 7) is 8.51. The lowest BCUT2D eigenvalue weighted by Gasteiger charge is -2.25. The van der Waals surface area contributed by atoms with Crippen LogP contribution in [0.2, 0.25) is 0 Å². The van der Waals surface area contributed by atoms with Gasteiger partial charge in [-0.25, -0.2) is 0 Å². The minimum Gasteiger partial charge on any atom is -0.477 e. The third kappa shape index (κ3) is 8.73. The number of amides is 2. The normalized spacial score (nSPS) is 14.3. The Bertz CT molecular complexity index is 1080. The predicted molar refractivity (Wildman–Crippen MR) is 146 cm³/mol. The number of ether oxygens (including phenoxy) is 2. The summed E-state index contributed by atoms with van der Waals surface area (Å²) in [6.07, 6.45) is 2.04. The first-order valence-corrected chi connectivity index (χ1v) is 13.1. The summed E-state index contributed by atoms with van der Waals surface area (Å²) in [5.74, 6) is -1.33. The molecule has 2 amide bonds. The molecule has 0 aliphatic heterocycles. The number of carbonyl (C=O) groups excluding carboxylic acids is 3. The summed E-state index contributed by atoms with van der Waals surface area (Å²) < 4.78 is 10.5. The van der Waals surface area contributed by atoms with E-state index in [0.717, 1.165) is 5.56 Å². The maximum Gasteiger partial charge on any atom is 0.289 e. The van der Waals surface area contributed by atoms with Gasteiger partial charge in [-0.3, -0.25) is 14.4 Å². The van der Waals surface area contributed by atoms with Crippen LogP contribution >= 0.6 is 0 Å². The van der Waals surface area contributed by atoms with Gasteiger partial charge < -0.3 is 25.4 Å². The number of fused-ring (bicyclic) bond motifs is 1. The van der Waals surface area contributed by atoms with Crippen molar-refractivity contribution in [1.29, 1.82) is 0 Å². The zero-order valence-corrected chi connectivity index (χ0v) is 22.5. The third-order valence-corrected chi connectivity index (χ3v) is 6.45. The average molecular weight is 522 g/mol. The molecule has 0 heterocycles. The molecule has 2 atom stereocenters. The first kappa shape index (κ1) is 28.9. The van der Waals surface area contributed by atoms with E-state index in [1.165, 1.54) is 11.1 Å². The van der Waals surface area contributed by atoms with E-state index in [1.54, 1.807) is 7.11 Å². The van der Waals surface area contributed by atoms with Crippen molar-refractivity contribution in [2.24, 2.45) is 5.92 Å². The maximum absolute atomic E-state index is 13.4. The van der Waals surface area contributed by atoms with Crippen LogP contribution in [0.1, 0.15) is 37.0 Å². The number of hydrogen-bond acceptors (Lipinski definition) is 6. The van der Waals surface area contributed by atoms with Crippen molar-refractivity contribution < 1.29 is 23.9 Å². The van der Waals surface area contributed by atoms with Gasteiger partial charge in [0.2, 0.25) is 11.7 Å². The van der Waals surface area contributed by atoms with Crippen molar-refractivity contribution in [3.8, 4) is 0 Å². The number of rotatable bonds is 15. The second kappa shape index (κ2) is 14.3. The Morgan fingerprint density at radius 1 is 0.921 bits per heavy atom. The summed E-state index contributed by atoms with van der Waals surface area (Å²) in [4.78, 5) is 39.8. The quantitative estimate of drug-likeness (QED) is 0.189. The molecule has 204 valence electrons. The molecule has 2 aromatic carbocycles. The maximum atomic E-state index is 13.4. The van der Waals surface area contributed by atoms with E-state index in [0.29, 0.717) is 32.5 Å². The second-order valence-electron chi connectivity index (χ2n) is 10.1. The van der Waals surface area contributed by atoms with Gasteiger partial charge in [0.25, 0.3) is 5.91 Å². The zero-order chi connectivity index (χ0) is 27.5. The minimum absolute atomic E-state index is 0.153. The van der Waals surface area contributed by atoms with E-state index in [9.17, 15) is 14.4 Å². The molecule has 3 rings (SSSR count). The minimum atomic E-state index is -1.02. The lowest BCUT2D eigenvalue weighted by Crippen LogP contribution is -2.54. The fraction of sp³-hybridized carbons (Fsp3) is 0.433. The molecule has 0 saturated heterocycles. The average Bonchev–Trinajstić information content (AvgIpc) is 3.30. The molecule has 1 aliphatic rings. The summed E-state index contributed by atoms with van der Waals surface area (Å²) in [6, 6.07) is 15.5. The van der Waals surface area contributed by atoms with Crippen LogP contribution in [0.5, 0.6) is 0 Å². The Balaban J connectivity index is 1.70. The number of carbonyl (C=O) groups is 3. The van der Waals surface area contributed by atoms with Crippen LogP contribution in [0.25, 0.3) is 0 Å². The van der Waals surface area contributed by atoms with Crippen LogP contribution in [0.4, 0.5) is 0 Å². The molecule has 0 aromatic heterocycles. The second-order valence-corrected chi connectivity index (χ2v) is 10.1. The summed E-state index contributed by atoms with van der Waals surface area (Å²) in [7, 11) is 1.57. The fourth-order valence-electron chi connectivity index (χ4n) is 4.59. The number of hydrogen-bond donors (Lipinski definition) is 3. The van der Waals surface area contributed by atoms with Gasteiger partial charge in [-0.1, -0.05) is 68.4 Å². The van der Waals surface area contributed by atoms with Gasteiger partial charge in [-0.15, -0.1) is 0 Å². The Morgan fingerprint density at radius 3 is 2.16 bits per heavy atom. The van der Waals surface area contributed by atoms with Gasteiger partial charge in [0.15, 0.2) is 5.88 Å². The molecule has 1 aliphatic carbocycles. The first-order valence-electron chi connectivity index (χ1n) is 13.1. The molecule has 0 bridgehead atoms. The van der Waals surface area contributed by atoms with Gasteiger partial charge in [-0.2, -0.15) is 0 Å². The summed E-state index contributed by atoms with van der Waals surface area (Å²) in [5.41, 5.74) is 3.19. The Morgan fingerprint density at radius 2 is 1.55 bits per heavy atom. The molecule has 8 heteroatoms. The highest BCUT2D eigenvalue weighted by Crippen LogP contribution is 2.21. The van der Waals surface area contributed by atoms with Crippen LogP contribution in [0.15, 0.2) is 67.1 Å². The van der Waals surface area contributed by atoms with Crippen LogP contribution in [0.3, 0.4) is 0 Å². The van der Waals surface area contributed by atoms with Gasteiger partial charge in [0, 0.05) is 19.6 Å². The van der Waals surface area contributed by atoms with Gasteiger partial charge in [0.05, 0.1) is 6.61 Å². The van der Waals surface area contributed by atoms with Gasteiger partial charge in [-0.05, 0) is 48.4 Å². The molecular weight excluding hydrogens is 482 g/mol. The highest BCUT2D eigenvalue weighted by Gasteiger charge is 2.32. The highest BCUT2D eigenvalue weighted by atomic mass is 16.5. The van der Waals surface area contributed by atoms with Crippen LogP contribution in [0, 0.1) is 5.92 Å². The fourth-order valence-corrected chi connectivity index (χ4v) is 4.59. The molecule has 2 aromatic rings. The molecular formula is C30H39N3O5. The monoisotopic (exact) mass is 521 g/mol. The molecule has 0 spiro atoms. The topological polar surface area (TPSA) is 106 Å². The number of ketones is 1. The molecule has 3 N–H and O–H groups in total. The van der Waals surface area contributed by atoms with Crippen molar-refractivity contribution in [2.45, 2.75) is 57.7 Å². The number of nitrogens with one attached hydrogen (secondary N) is 3. The van der Waals surface area contributed by atoms with Crippen LogP contribution in [-0.2, 0) is 43.1 Å². The standard InChI is InChI=1S/C30H39N3O5/c1-20(2)16-27(31-21(3)38-15-14-37-4)29(35)33-26(17-22-10-6-5-7-11-22)28(34)30(36)32-25-18-23-12-8-9-13-24(23)19-25/h5-13,20,25-27,31H,3,14-19H2,1-2,4H3,(H,32,36)(H,33,35)/t26-,27-/m0/s1. The van der Waals surface area contributed by atoms with Gasteiger partial charge >= 0.3 is 0 Å². The first-order chi connectivity index (χ1) is 18.3. The third-order valence-electron chi connectivity index (χ3n) is 6.45. The highest BCUT2D eigenvalue weighted by molar-refractivity contribution is 6.38. The molecule has 0 fully saturated rings. The lowest BCUT2D eigenvalue weighted by molar-refractivity contribution is -0.140. The summed E-state index contributed by atoms with van der Waals surface area (Å²) in [5, 5.41) is 8.74. The molecule has 8 nitrogen and oxygen atoms in total. The van der Waals surface area contributed by atoms with Crippen molar-refractivity contribution >= 4 is 17.6 Å². The molecule has 0 saturated carbocycles. The van der Waals surface area contributed by atoms with Crippen molar-refractivity contribution in [3.05, 3.63) is 83.7 Å². The Labute approximate surface area is 225 Å². The van der Waals surface area contributed by atoms with E-state index in [1.807, 2.05) is 68.4 Å². The predicted octanol–water partition coefficient (Wildman–Crippen LogP) is 2.71. The van der Waals surface area contributed by atoms with E-state index in [-0.39, 0.29) is 24.3 Å². The van der Waals surface area contributed by atoms with Crippen LogP contribution in [-0.4, -0.2) is 56.0 Å². The Hall–Kier alpha value is -3.65. The lowest BCUT2D eigenvalue weighted by atomic mass is 9.99. The van der Waals surface area contributed by atoms with E-state index >= 15 is 0 Å². The smallest absolute Gasteiger partial charge is 0.289 e. The van der Waals surface area contributed by atoms with E-state index in [4.69, 9.17) is 9.47 Å². The number of benzene rings is 2. The largest absolute Gasteiger partial charge is 0.477 e. The SMILES string of the molecule is C=C(N[C@@H](CC(C)C)C(=O)N[C@@H](Cc1ccccc1)C(=O)C(=O)NC1Cc2ccccc2C1)OCCOC. The van der Waals surface area contributed by atoms with Gasteiger partial charge in [0.1, 0.15) is 18.7 Å². The van der Waals surface area contributed by atoms with E-state index in [2.05, 4.69) is 22.5 Å². The summed E-state index contributed by atoms with van der Waals surface area (Å²) >= 11 is 0. The van der Waals surface area contributed by atoms with Crippen molar-refractivity contribution in [3.63, 3.8) is 0 Å². The van der Waals surface area contributed by atoms with Crippen molar-refractivity contribution in [2.75, 3.05) is 20.3 Å². The van der Waals surface area contributed by atoms with Crippen molar-refractivity contribution in [1.82, 2.24) is 16.0 Å². The molecule has 38 heavy (non-hydrogen) atoms. The number of methoxy groups -OCH3 is 1.